The highest BCUT2D eigenvalue weighted by molar-refractivity contribution is 5.99. The third kappa shape index (κ3) is 16.7. The summed E-state index contributed by atoms with van der Waals surface area (Å²) in [6.45, 7) is 18.6. The Morgan fingerprint density at radius 3 is 0.928 bits per heavy atom. The molecular formula is C121H122N4+4. The van der Waals surface area contributed by atoms with Crippen LogP contribution >= 0.6 is 0 Å². The van der Waals surface area contributed by atoms with E-state index in [1.54, 1.807) is 38.5 Å². The summed E-state index contributed by atoms with van der Waals surface area (Å²) in [7, 11) is 7.74. The van der Waals surface area contributed by atoms with Crippen LogP contribution in [0.25, 0.3) is 134 Å². The van der Waals surface area contributed by atoms with Crippen molar-refractivity contribution in [3.05, 3.63) is 403 Å². The first-order valence-electron chi connectivity index (χ1n) is 50.9. The Kier molecular flexibility index (Phi) is 18.9. The smallest absolute Gasteiger partial charge is 0.201 e. The summed E-state index contributed by atoms with van der Waals surface area (Å²) >= 11 is 0. The van der Waals surface area contributed by atoms with Gasteiger partial charge in [-0.1, -0.05) is 274 Å². The second kappa shape index (κ2) is 34.4. The third-order valence-electron chi connectivity index (χ3n) is 25.7. The first-order chi connectivity index (χ1) is 65.5. The Balaban J connectivity index is 0.000000128. The molecule has 0 bridgehead atoms. The van der Waals surface area contributed by atoms with Crippen molar-refractivity contribution in [1.29, 1.82) is 0 Å². The van der Waals surface area contributed by atoms with Gasteiger partial charge in [-0.2, -0.15) is 0 Å². The van der Waals surface area contributed by atoms with Crippen molar-refractivity contribution in [2.45, 2.75) is 155 Å². The molecule has 4 aliphatic rings. The highest BCUT2D eigenvalue weighted by Crippen LogP contribution is 2.53. The number of benzene rings is 12. The van der Waals surface area contributed by atoms with E-state index in [0.29, 0.717) is 11.1 Å². The van der Waals surface area contributed by atoms with Gasteiger partial charge in [-0.3, -0.25) is 0 Å². The van der Waals surface area contributed by atoms with Crippen LogP contribution in [0.4, 0.5) is 0 Å². The first kappa shape index (κ1) is 68.6. The van der Waals surface area contributed by atoms with E-state index >= 15 is 0 Å². The molecule has 4 heteroatoms. The Morgan fingerprint density at radius 1 is 0.304 bits per heavy atom. The lowest BCUT2D eigenvalue weighted by atomic mass is 9.85. The summed E-state index contributed by atoms with van der Waals surface area (Å²) in [5, 5.41) is 0. The van der Waals surface area contributed by atoms with Crippen molar-refractivity contribution in [2.75, 3.05) is 0 Å². The first-order valence-corrected chi connectivity index (χ1v) is 43.9. The standard InChI is InChI=1S/C32H34N.C31H32N.C30H30N.C28H26N/c1-21-20-33(6)30(17-25(21)19-32(3,4)5)27-18-29(23-12-8-7-9-13-23)31-26-15-11-10-14-24(26)16-28(31)22(27)2;1-21-26(29-17-22(15-16-32(29)5)20-31(2,3)4)19-28(23-11-7-6-8-12-23)30-25-14-10-9-13-24(25)18-27(21)30;1-19(2)25-17-29(31(5)18-20(25)3)26-16-28(22-11-7-6-8-12-22)30-24-14-10-9-13-23(24)15-27(30)21(26)4;1-18-14-27(29(4)17-19(18)2)24-16-26(21-10-6-5-7-11-21)28-23-13-9-8-12-22(23)15-25(28)20(24)3/h7-15,17-18,20H,16,19H2,1-6H3;6-17,19H,18,20H2,1-5H3;6-14,16-19H,15H2,1-5H3;5-14,16-17H,15H2,1-4H3/q4*+1/i1D3,19D2;20D2;3D3,19D;2D3. The third-order valence-corrected chi connectivity index (χ3v) is 25.7. The van der Waals surface area contributed by atoms with E-state index in [9.17, 15) is 0 Å². The second-order valence-electron chi connectivity index (χ2n) is 36.8. The topological polar surface area (TPSA) is 15.5 Å². The molecular weight excluding hydrogens is 1510 g/mol. The summed E-state index contributed by atoms with van der Waals surface area (Å²) in [4.78, 5) is 0. The molecule has 0 fully saturated rings. The van der Waals surface area contributed by atoms with Gasteiger partial charge in [-0.15, -0.1) is 0 Å². The van der Waals surface area contributed by atoms with Crippen LogP contribution < -0.4 is 18.3 Å². The molecule has 0 N–H and O–H groups in total. The van der Waals surface area contributed by atoms with E-state index in [2.05, 4.69) is 258 Å². The van der Waals surface area contributed by atoms with Gasteiger partial charge in [0.15, 0.2) is 24.8 Å². The van der Waals surface area contributed by atoms with Crippen LogP contribution in [0.1, 0.15) is 186 Å². The van der Waals surface area contributed by atoms with Gasteiger partial charge in [0.2, 0.25) is 22.8 Å². The Labute approximate surface area is 764 Å². The molecule has 0 aliphatic heterocycles. The predicted molar refractivity (Wildman–Crippen MR) is 525 cm³/mol. The zero-order valence-electron chi connectivity index (χ0n) is 89.4. The summed E-state index contributed by atoms with van der Waals surface area (Å²) < 4.78 is 125. The SMILES string of the molecule is [2H]C([2H])([2H])c1c[n+](C)c(-c2cc(-c3ccccc3)c3c(c2C)Cc2ccccc2-3)cc1C.[2H]C([2H])([2H])c1c[n+](C)c(-c2cc(-c3ccccc3)c3c(c2C)Cc2ccccc2-3)cc1C([2H])(C)C.[2H]C([2H])([2H])c1c[n+](C)c(-c2cc(-c3ccccc3)c3c(c2C)Cc2ccccc2-3)cc1C([2H])([2H])C(C)(C)C.[2H]C([2H])(c1cc[n+](C)c(-c2cc(-c3ccccc3)c3c(c2C)Cc2ccccc2-3)c1)C(C)(C)C. The average molecular weight is 1650 g/mol. The minimum absolute atomic E-state index is 0.0539. The number of pyridine rings is 4. The Morgan fingerprint density at radius 2 is 0.600 bits per heavy atom. The van der Waals surface area contributed by atoms with E-state index in [1.165, 1.54) is 139 Å². The number of nitrogens with zero attached hydrogens (tertiary/aromatic N) is 4. The minimum atomic E-state index is -2.44. The van der Waals surface area contributed by atoms with E-state index in [1.807, 2.05) is 138 Å². The van der Waals surface area contributed by atoms with Gasteiger partial charge in [-0.25, -0.2) is 18.3 Å². The van der Waals surface area contributed by atoms with Gasteiger partial charge in [-0.05, 0) is 313 Å². The number of hydrogen-bond acceptors (Lipinski definition) is 0. The van der Waals surface area contributed by atoms with Gasteiger partial charge >= 0.3 is 0 Å². The maximum atomic E-state index is 9.02. The molecule has 12 aromatic carbocycles. The molecule has 0 atom stereocenters. The molecule has 0 saturated carbocycles. The van der Waals surface area contributed by atoms with Gasteiger partial charge in [0.05, 0.1) is 0 Å². The largest absolute Gasteiger partial charge is 0.212 e. The molecule has 4 nitrogen and oxygen atoms in total. The molecule has 0 amide bonds. The highest BCUT2D eigenvalue weighted by Gasteiger charge is 2.35. The lowest BCUT2D eigenvalue weighted by Crippen LogP contribution is -2.32. The lowest BCUT2D eigenvalue weighted by Gasteiger charge is -2.20. The molecule has 0 unspecified atom stereocenters. The van der Waals surface area contributed by atoms with Crippen molar-refractivity contribution in [2.24, 2.45) is 39.0 Å². The van der Waals surface area contributed by atoms with E-state index in [-0.39, 0.29) is 16.7 Å². The molecule has 20 rings (SSSR count). The zero-order chi connectivity index (χ0) is 99.6. The van der Waals surface area contributed by atoms with Crippen LogP contribution in [-0.2, 0) is 66.6 Å². The minimum Gasteiger partial charge on any atom is -0.201 e. The molecule has 4 aliphatic carbocycles. The van der Waals surface area contributed by atoms with Crippen molar-refractivity contribution >= 4 is 0 Å². The van der Waals surface area contributed by atoms with Gasteiger partial charge in [0.25, 0.3) is 0 Å². The molecule has 16 aromatic rings. The van der Waals surface area contributed by atoms with Crippen LogP contribution in [0.2, 0.25) is 0 Å². The maximum absolute atomic E-state index is 9.02. The van der Waals surface area contributed by atoms with Crippen LogP contribution in [0.5, 0.6) is 0 Å². The molecule has 0 saturated heterocycles. The zero-order valence-corrected chi connectivity index (χ0v) is 75.4. The summed E-state index contributed by atoms with van der Waals surface area (Å²) in [6.07, 6.45) is 7.30. The summed E-state index contributed by atoms with van der Waals surface area (Å²) in [5.74, 6) is -1.05. The van der Waals surface area contributed by atoms with Gasteiger partial charge in [0, 0.05) is 88.5 Å². The van der Waals surface area contributed by atoms with Gasteiger partial charge in [0.1, 0.15) is 28.2 Å². The lowest BCUT2D eigenvalue weighted by molar-refractivity contribution is -0.660. The fourth-order valence-corrected chi connectivity index (χ4v) is 19.5. The van der Waals surface area contributed by atoms with E-state index in [0.717, 1.165) is 98.5 Å². The van der Waals surface area contributed by atoms with Crippen LogP contribution in [0, 0.1) is 66.0 Å². The van der Waals surface area contributed by atoms with E-state index in [4.69, 9.17) is 19.2 Å². The van der Waals surface area contributed by atoms with Crippen molar-refractivity contribution in [3.63, 3.8) is 0 Å². The number of hydrogen-bond donors (Lipinski definition) is 0. The van der Waals surface area contributed by atoms with Crippen molar-refractivity contribution in [1.82, 2.24) is 0 Å². The van der Waals surface area contributed by atoms with Gasteiger partial charge < -0.3 is 0 Å². The van der Waals surface area contributed by atoms with Crippen LogP contribution in [-0.4, -0.2) is 0 Å². The Hall–Kier alpha value is -12.8. The highest BCUT2D eigenvalue weighted by atomic mass is 14.9. The fourth-order valence-electron chi connectivity index (χ4n) is 19.5. The number of aryl methyl sites for hydroxylation is 8. The number of rotatable bonds is 11. The Bertz CT molecular complexity index is 7510. The summed E-state index contributed by atoms with van der Waals surface area (Å²) in [5.41, 5.74) is 45.2. The van der Waals surface area contributed by atoms with Crippen molar-refractivity contribution in [3.8, 4) is 134 Å². The average Bonchev–Trinajstić information content (AvgIpc) is 1.14. The molecule has 0 spiro atoms. The van der Waals surface area contributed by atoms with Crippen LogP contribution in [0.3, 0.4) is 0 Å². The molecule has 125 heavy (non-hydrogen) atoms. The molecule has 0 radical (unpaired) electrons. The number of aromatic nitrogens is 4. The normalized spacial score (nSPS) is 14.6. The quantitative estimate of drug-likeness (QED) is 0.115. The fraction of sp³-hybridized carbons (Fsp3) is 0.240. The molecule has 4 aromatic heterocycles. The maximum Gasteiger partial charge on any atom is 0.212 e. The van der Waals surface area contributed by atoms with Crippen molar-refractivity contribution < 1.29 is 37.5 Å². The number of fused-ring (bicyclic) bond motifs is 12. The summed E-state index contributed by atoms with van der Waals surface area (Å²) in [6, 6.07) is 95.2. The second-order valence-corrected chi connectivity index (χ2v) is 36.8. The van der Waals surface area contributed by atoms with E-state index < -0.39 is 50.0 Å². The molecule has 622 valence electrons. The monoisotopic (exact) mass is 1650 g/mol. The van der Waals surface area contributed by atoms with Crippen LogP contribution in [0.15, 0.2) is 298 Å². The molecule has 4 heterocycles. The predicted octanol–water partition coefficient (Wildman–Crippen LogP) is 28.4.